The summed E-state index contributed by atoms with van der Waals surface area (Å²) in [5.41, 5.74) is 1.19. The Morgan fingerprint density at radius 2 is 2.33 bits per heavy atom. The van der Waals surface area contributed by atoms with Crippen LogP contribution in [-0.4, -0.2) is 13.9 Å². The average Bonchev–Trinajstić information content (AvgIpc) is 2.04. The van der Waals surface area contributed by atoms with Crippen molar-refractivity contribution in [1.29, 1.82) is 0 Å². The van der Waals surface area contributed by atoms with Gasteiger partial charge in [-0.25, -0.2) is 0 Å². The van der Waals surface area contributed by atoms with Gasteiger partial charge in [0.2, 0.25) is 3.79 Å². The standard InChI is InChI=1S/C8H8INO2/c1-5(11)6-2-7(8(9)12)4-10-3-6/h2-5,11H,1H3. The predicted molar refractivity (Wildman–Crippen MR) is 53.2 cm³/mol. The maximum Gasteiger partial charge on any atom is 0.223 e. The lowest BCUT2D eigenvalue weighted by Gasteiger charge is -2.03. The SMILES string of the molecule is CC(O)c1cncc(C(=O)I)c1. The van der Waals surface area contributed by atoms with E-state index in [0.717, 1.165) is 0 Å². The highest BCUT2D eigenvalue weighted by molar-refractivity contribution is 14.1. The lowest BCUT2D eigenvalue weighted by Crippen LogP contribution is -1.96. The van der Waals surface area contributed by atoms with Crippen LogP contribution in [0, 0.1) is 0 Å². The van der Waals surface area contributed by atoms with Crippen molar-refractivity contribution in [1.82, 2.24) is 4.98 Å². The molecular weight excluding hydrogens is 269 g/mol. The third-order valence-corrected chi connectivity index (χ3v) is 2.09. The van der Waals surface area contributed by atoms with E-state index in [4.69, 9.17) is 0 Å². The van der Waals surface area contributed by atoms with Gasteiger partial charge in [0.15, 0.2) is 0 Å². The summed E-state index contributed by atoms with van der Waals surface area (Å²) < 4.78 is -0.0670. The zero-order valence-electron chi connectivity index (χ0n) is 6.49. The molecule has 1 heterocycles. The third-order valence-electron chi connectivity index (χ3n) is 1.47. The van der Waals surface area contributed by atoms with Crippen molar-refractivity contribution < 1.29 is 9.90 Å². The minimum absolute atomic E-state index is 0.0670. The molecule has 1 N–H and O–H groups in total. The first-order valence-corrected chi connectivity index (χ1v) is 4.52. The molecule has 1 unspecified atom stereocenters. The summed E-state index contributed by atoms with van der Waals surface area (Å²) >= 11 is 1.69. The molecule has 1 rings (SSSR count). The molecule has 0 fully saturated rings. The number of aliphatic hydroxyl groups is 1. The van der Waals surface area contributed by atoms with Gasteiger partial charge in [0, 0.05) is 40.5 Å². The molecular formula is C8H8INO2. The Bertz CT molecular complexity index is 299. The van der Waals surface area contributed by atoms with E-state index >= 15 is 0 Å². The number of aliphatic hydroxyl groups excluding tert-OH is 1. The van der Waals surface area contributed by atoms with E-state index in [9.17, 15) is 9.90 Å². The van der Waals surface area contributed by atoms with Crippen LogP contribution in [-0.2, 0) is 0 Å². The van der Waals surface area contributed by atoms with Crippen LogP contribution in [0.5, 0.6) is 0 Å². The zero-order valence-corrected chi connectivity index (χ0v) is 8.65. The van der Waals surface area contributed by atoms with Gasteiger partial charge >= 0.3 is 0 Å². The predicted octanol–water partition coefficient (Wildman–Crippen LogP) is 1.71. The average molecular weight is 277 g/mol. The van der Waals surface area contributed by atoms with E-state index < -0.39 is 6.10 Å². The summed E-state index contributed by atoms with van der Waals surface area (Å²) in [5, 5.41) is 9.18. The topological polar surface area (TPSA) is 50.2 Å². The molecule has 0 radical (unpaired) electrons. The molecule has 0 saturated carbocycles. The number of aromatic nitrogens is 1. The molecule has 1 aromatic heterocycles. The fourth-order valence-corrected chi connectivity index (χ4v) is 1.09. The lowest BCUT2D eigenvalue weighted by atomic mass is 10.1. The minimum Gasteiger partial charge on any atom is -0.389 e. The molecule has 3 nitrogen and oxygen atoms in total. The zero-order chi connectivity index (χ0) is 9.14. The van der Waals surface area contributed by atoms with Crippen molar-refractivity contribution in [2.75, 3.05) is 0 Å². The molecule has 1 atom stereocenters. The highest BCUT2D eigenvalue weighted by atomic mass is 127. The van der Waals surface area contributed by atoms with Crippen molar-refractivity contribution >= 4 is 26.4 Å². The second-order valence-electron chi connectivity index (χ2n) is 2.46. The summed E-state index contributed by atoms with van der Waals surface area (Å²) in [7, 11) is 0. The van der Waals surface area contributed by atoms with Crippen LogP contribution in [0.4, 0.5) is 0 Å². The van der Waals surface area contributed by atoms with Gasteiger partial charge in [0.05, 0.1) is 6.10 Å². The third kappa shape index (κ3) is 2.25. The summed E-state index contributed by atoms with van der Waals surface area (Å²) in [6.07, 6.45) is 2.46. The normalized spacial score (nSPS) is 12.6. The first-order valence-electron chi connectivity index (χ1n) is 3.44. The van der Waals surface area contributed by atoms with Gasteiger partial charge in [0.25, 0.3) is 0 Å². The molecule has 0 aliphatic rings. The monoisotopic (exact) mass is 277 g/mol. The Morgan fingerprint density at radius 3 is 2.83 bits per heavy atom. The van der Waals surface area contributed by atoms with Gasteiger partial charge < -0.3 is 5.11 Å². The van der Waals surface area contributed by atoms with Gasteiger partial charge in [0.1, 0.15) is 0 Å². The molecule has 0 saturated heterocycles. The van der Waals surface area contributed by atoms with Crippen molar-refractivity contribution in [3.05, 3.63) is 29.6 Å². The summed E-state index contributed by atoms with van der Waals surface area (Å²) in [6, 6.07) is 1.65. The second kappa shape index (κ2) is 3.95. The van der Waals surface area contributed by atoms with E-state index in [1.807, 2.05) is 0 Å². The smallest absolute Gasteiger partial charge is 0.223 e. The van der Waals surface area contributed by atoms with Gasteiger partial charge in [-0.2, -0.15) is 0 Å². The van der Waals surface area contributed by atoms with Gasteiger partial charge in [-0.15, -0.1) is 0 Å². The lowest BCUT2D eigenvalue weighted by molar-refractivity contribution is 0.110. The largest absolute Gasteiger partial charge is 0.389 e. The second-order valence-corrected chi connectivity index (χ2v) is 3.44. The Hall–Kier alpha value is -0.490. The number of hydrogen-bond acceptors (Lipinski definition) is 3. The number of rotatable bonds is 2. The minimum atomic E-state index is -0.576. The van der Waals surface area contributed by atoms with Crippen molar-refractivity contribution in [2.24, 2.45) is 0 Å². The van der Waals surface area contributed by atoms with E-state index in [1.165, 1.54) is 6.20 Å². The van der Waals surface area contributed by atoms with E-state index in [0.29, 0.717) is 11.1 Å². The van der Waals surface area contributed by atoms with Gasteiger partial charge in [-0.05, 0) is 18.6 Å². The number of nitrogens with zero attached hydrogens (tertiary/aromatic N) is 1. The van der Waals surface area contributed by atoms with Crippen LogP contribution in [0.1, 0.15) is 28.9 Å². The number of halogens is 1. The molecule has 0 spiro atoms. The molecule has 1 aromatic rings. The van der Waals surface area contributed by atoms with Crippen molar-refractivity contribution in [3.63, 3.8) is 0 Å². The number of carbonyl (C=O) groups excluding carboxylic acids is 1. The number of pyridine rings is 1. The Labute approximate surface area is 84.0 Å². The molecule has 12 heavy (non-hydrogen) atoms. The highest BCUT2D eigenvalue weighted by Gasteiger charge is 2.05. The Kier molecular flexibility index (Phi) is 3.16. The number of hydrogen-bond donors (Lipinski definition) is 1. The fourth-order valence-electron chi connectivity index (χ4n) is 0.794. The molecule has 4 heteroatoms. The van der Waals surface area contributed by atoms with Gasteiger partial charge in [-0.3, -0.25) is 9.78 Å². The van der Waals surface area contributed by atoms with Crippen LogP contribution in [0.25, 0.3) is 0 Å². The Balaban J connectivity index is 3.04. The molecule has 0 bridgehead atoms. The first kappa shape index (κ1) is 9.60. The molecule has 0 aromatic carbocycles. The summed E-state index contributed by atoms with van der Waals surface area (Å²) in [4.78, 5) is 14.7. The first-order chi connectivity index (χ1) is 5.61. The quantitative estimate of drug-likeness (QED) is 0.661. The van der Waals surface area contributed by atoms with E-state index in [2.05, 4.69) is 4.98 Å². The van der Waals surface area contributed by atoms with Crippen LogP contribution < -0.4 is 0 Å². The van der Waals surface area contributed by atoms with E-state index in [1.54, 1.807) is 41.8 Å². The Morgan fingerprint density at radius 1 is 1.67 bits per heavy atom. The molecule has 0 aliphatic heterocycles. The van der Waals surface area contributed by atoms with Crippen LogP contribution in [0.3, 0.4) is 0 Å². The molecule has 64 valence electrons. The highest BCUT2D eigenvalue weighted by Crippen LogP contribution is 2.13. The molecule has 0 aliphatic carbocycles. The summed E-state index contributed by atoms with van der Waals surface area (Å²) in [6.45, 7) is 1.64. The maximum atomic E-state index is 10.9. The van der Waals surface area contributed by atoms with Gasteiger partial charge in [-0.1, -0.05) is 0 Å². The van der Waals surface area contributed by atoms with Crippen LogP contribution in [0.15, 0.2) is 18.5 Å². The van der Waals surface area contributed by atoms with Crippen molar-refractivity contribution in [2.45, 2.75) is 13.0 Å². The van der Waals surface area contributed by atoms with Crippen LogP contribution in [0.2, 0.25) is 0 Å². The summed E-state index contributed by atoms with van der Waals surface area (Å²) in [5.74, 6) is 0. The maximum absolute atomic E-state index is 10.9. The molecule has 0 amide bonds. The van der Waals surface area contributed by atoms with Crippen LogP contribution >= 0.6 is 22.6 Å². The van der Waals surface area contributed by atoms with Crippen molar-refractivity contribution in [3.8, 4) is 0 Å². The number of carbonyl (C=O) groups is 1. The van der Waals surface area contributed by atoms with E-state index in [-0.39, 0.29) is 3.79 Å². The fraction of sp³-hybridized carbons (Fsp3) is 0.250.